The second-order valence-electron chi connectivity index (χ2n) is 4.60. The van der Waals surface area contributed by atoms with Crippen LogP contribution in [0.4, 0.5) is 0 Å². The van der Waals surface area contributed by atoms with E-state index in [1.165, 1.54) is 23.7 Å². The van der Waals surface area contributed by atoms with Crippen LogP contribution in [0.5, 0.6) is 5.88 Å². The maximum absolute atomic E-state index is 11.0. The maximum atomic E-state index is 11.0. The molecule has 0 saturated heterocycles. The summed E-state index contributed by atoms with van der Waals surface area (Å²) in [7, 11) is 0. The van der Waals surface area contributed by atoms with Gasteiger partial charge in [-0.25, -0.2) is 9.97 Å². The van der Waals surface area contributed by atoms with Crippen molar-refractivity contribution in [3.63, 3.8) is 0 Å². The Kier molecular flexibility index (Phi) is 3.60. The molecule has 21 heavy (non-hydrogen) atoms. The van der Waals surface area contributed by atoms with E-state index in [0.717, 1.165) is 10.2 Å². The number of fused-ring (bicyclic) bond motifs is 1. The van der Waals surface area contributed by atoms with Gasteiger partial charge in [0.2, 0.25) is 5.88 Å². The van der Waals surface area contributed by atoms with Crippen molar-refractivity contribution < 1.29 is 9.66 Å². The van der Waals surface area contributed by atoms with Crippen LogP contribution in [-0.4, -0.2) is 20.9 Å². The minimum absolute atomic E-state index is 0.154. The first-order chi connectivity index (χ1) is 10.1. The average Bonchev–Trinajstić information content (AvgIpc) is 2.86. The van der Waals surface area contributed by atoms with Gasteiger partial charge in [-0.15, -0.1) is 11.3 Å². The minimum atomic E-state index is -0.925. The van der Waals surface area contributed by atoms with Gasteiger partial charge in [-0.3, -0.25) is 10.1 Å². The number of nitro groups is 1. The van der Waals surface area contributed by atoms with Crippen molar-refractivity contribution in [2.24, 2.45) is 5.92 Å². The second kappa shape index (κ2) is 5.42. The number of aromatic nitrogens is 2. The third kappa shape index (κ3) is 2.62. The lowest BCUT2D eigenvalue weighted by Gasteiger charge is -2.19. The zero-order chi connectivity index (χ0) is 15.0. The predicted octanol–water partition coefficient (Wildman–Crippen LogP) is 3.37. The van der Waals surface area contributed by atoms with Crippen molar-refractivity contribution in [2.75, 3.05) is 0 Å². The molecule has 0 amide bonds. The summed E-state index contributed by atoms with van der Waals surface area (Å²) in [6.07, 6.45) is 4.57. The zero-order valence-corrected chi connectivity index (χ0v) is 12.5. The number of hydrogen-bond donors (Lipinski definition) is 0. The van der Waals surface area contributed by atoms with E-state index in [-0.39, 0.29) is 15.9 Å². The van der Waals surface area contributed by atoms with Crippen LogP contribution in [0.3, 0.4) is 0 Å². The minimum Gasteiger partial charge on any atom is -0.438 e. The van der Waals surface area contributed by atoms with Gasteiger partial charge in [0.05, 0.1) is 16.5 Å². The molecule has 0 radical (unpaired) electrons. The molecule has 6 nitrogen and oxygen atoms in total. The first kappa shape index (κ1) is 14.0. The quantitative estimate of drug-likeness (QED) is 0.639. The molecule has 3 rings (SSSR count). The number of nitrogens with zero attached hydrogens (tertiary/aromatic N) is 3. The van der Waals surface area contributed by atoms with Gasteiger partial charge in [-0.05, 0) is 17.5 Å². The lowest BCUT2D eigenvalue weighted by molar-refractivity contribution is -0.517. The summed E-state index contributed by atoms with van der Waals surface area (Å²) in [4.78, 5) is 18.8. The van der Waals surface area contributed by atoms with Gasteiger partial charge in [0.25, 0.3) is 6.04 Å². The topological polar surface area (TPSA) is 78.2 Å². The molecule has 108 valence electrons. The number of hydrogen-bond acceptors (Lipinski definition) is 6. The molecule has 1 aliphatic rings. The Morgan fingerprint density at radius 3 is 3.00 bits per heavy atom. The molecule has 2 atom stereocenters. The highest BCUT2D eigenvalue weighted by Gasteiger charge is 2.34. The molecule has 0 spiro atoms. The third-order valence-electron chi connectivity index (χ3n) is 3.14. The fraction of sp³-hybridized carbons (Fsp3) is 0.231. The van der Waals surface area contributed by atoms with E-state index >= 15 is 0 Å². The molecule has 2 heterocycles. The fourth-order valence-electron chi connectivity index (χ4n) is 2.18. The summed E-state index contributed by atoms with van der Waals surface area (Å²) < 4.78 is 6.56. The van der Waals surface area contributed by atoms with E-state index in [0.29, 0.717) is 11.6 Å². The third-order valence-corrected chi connectivity index (χ3v) is 4.36. The van der Waals surface area contributed by atoms with Crippen LogP contribution in [-0.2, 0) is 0 Å². The van der Waals surface area contributed by atoms with Gasteiger partial charge in [-0.2, -0.15) is 0 Å². The Morgan fingerprint density at radius 2 is 2.29 bits per heavy atom. The van der Waals surface area contributed by atoms with Gasteiger partial charge in [0.1, 0.15) is 16.8 Å². The maximum Gasteiger partial charge on any atom is 0.254 e. The van der Waals surface area contributed by atoms with E-state index in [1.54, 1.807) is 13.0 Å². The lowest BCUT2D eigenvalue weighted by atomic mass is 9.96. The van der Waals surface area contributed by atoms with Gasteiger partial charge in [0, 0.05) is 11.0 Å². The molecule has 2 aromatic heterocycles. The Morgan fingerprint density at radius 1 is 1.48 bits per heavy atom. The van der Waals surface area contributed by atoms with Gasteiger partial charge in [0.15, 0.2) is 0 Å². The van der Waals surface area contributed by atoms with Crippen LogP contribution in [0.15, 0.2) is 40.7 Å². The van der Waals surface area contributed by atoms with Crippen LogP contribution in [0.2, 0.25) is 0 Å². The smallest absolute Gasteiger partial charge is 0.254 e. The molecule has 2 unspecified atom stereocenters. The summed E-state index contributed by atoms with van der Waals surface area (Å²) >= 11 is 7.47. The van der Waals surface area contributed by atoms with Crippen LogP contribution < -0.4 is 4.74 Å². The first-order valence-corrected chi connectivity index (χ1v) is 7.40. The van der Waals surface area contributed by atoms with Crippen LogP contribution in [0.1, 0.15) is 6.92 Å². The van der Waals surface area contributed by atoms with Gasteiger partial charge < -0.3 is 4.74 Å². The molecule has 0 saturated carbocycles. The van der Waals surface area contributed by atoms with Gasteiger partial charge in [-0.1, -0.05) is 18.5 Å². The Balaban J connectivity index is 1.91. The van der Waals surface area contributed by atoms with Crippen LogP contribution in [0, 0.1) is 16.0 Å². The molecule has 2 aromatic rings. The van der Waals surface area contributed by atoms with E-state index < -0.39 is 6.04 Å². The van der Waals surface area contributed by atoms with Crippen molar-refractivity contribution in [3.8, 4) is 5.88 Å². The van der Waals surface area contributed by atoms with Crippen molar-refractivity contribution in [2.45, 2.75) is 13.0 Å². The molecule has 0 aliphatic heterocycles. The molecule has 0 fully saturated rings. The summed E-state index contributed by atoms with van der Waals surface area (Å²) in [5.74, 6) is 0.529. The zero-order valence-electron chi connectivity index (χ0n) is 10.9. The SMILES string of the molecule is CC1C=C(Oc2ncnc3ccsc23)C=C(Cl)C1[N+](=O)[O-]. The highest BCUT2D eigenvalue weighted by Crippen LogP contribution is 2.32. The Bertz CT molecular complexity index is 771. The monoisotopic (exact) mass is 323 g/mol. The molecule has 0 bridgehead atoms. The first-order valence-electron chi connectivity index (χ1n) is 6.14. The average molecular weight is 324 g/mol. The van der Waals surface area contributed by atoms with Gasteiger partial charge >= 0.3 is 0 Å². The fourth-order valence-corrected chi connectivity index (χ4v) is 3.33. The van der Waals surface area contributed by atoms with E-state index in [2.05, 4.69) is 9.97 Å². The Labute approximate surface area is 128 Å². The van der Waals surface area contributed by atoms with Crippen LogP contribution >= 0.6 is 22.9 Å². The number of thiophene rings is 1. The highest BCUT2D eigenvalue weighted by molar-refractivity contribution is 7.17. The molecule has 1 aliphatic carbocycles. The Hall–Kier alpha value is -1.99. The summed E-state index contributed by atoms with van der Waals surface area (Å²) in [5, 5.41) is 13.0. The van der Waals surface area contributed by atoms with Crippen molar-refractivity contribution in [3.05, 3.63) is 50.8 Å². The summed E-state index contributed by atoms with van der Waals surface area (Å²) in [6, 6.07) is 0.948. The highest BCUT2D eigenvalue weighted by atomic mass is 35.5. The second-order valence-corrected chi connectivity index (χ2v) is 5.96. The van der Waals surface area contributed by atoms with Crippen LogP contribution in [0.25, 0.3) is 10.2 Å². The normalized spacial score (nSPS) is 21.8. The number of rotatable bonds is 3. The molecule has 8 heteroatoms. The molecule has 0 aromatic carbocycles. The number of allylic oxidation sites excluding steroid dienone is 1. The molecule has 0 N–H and O–H groups in total. The predicted molar refractivity (Wildman–Crippen MR) is 80.0 cm³/mol. The summed E-state index contributed by atoms with van der Waals surface area (Å²) in [6.45, 7) is 1.73. The molecular formula is C13H10ClN3O3S. The van der Waals surface area contributed by atoms with E-state index in [9.17, 15) is 10.1 Å². The largest absolute Gasteiger partial charge is 0.438 e. The standard InChI is InChI=1S/C13H10ClN3O3S/c1-7-4-8(5-9(14)11(7)17(18)19)20-13-12-10(2-3-21-12)15-6-16-13/h2-7,11H,1H3. The van der Waals surface area contributed by atoms with E-state index in [1.807, 2.05) is 11.4 Å². The van der Waals surface area contributed by atoms with Crippen molar-refractivity contribution in [1.82, 2.24) is 9.97 Å². The van der Waals surface area contributed by atoms with E-state index in [4.69, 9.17) is 16.3 Å². The molecular weight excluding hydrogens is 314 g/mol. The number of ether oxygens (including phenoxy) is 1. The van der Waals surface area contributed by atoms with Crippen molar-refractivity contribution >= 4 is 33.2 Å². The van der Waals surface area contributed by atoms with Crippen molar-refractivity contribution in [1.29, 1.82) is 0 Å². The summed E-state index contributed by atoms with van der Waals surface area (Å²) in [5.41, 5.74) is 0.799. The lowest BCUT2D eigenvalue weighted by Crippen LogP contribution is -2.29. The number of halogens is 1.